The molecule has 0 aliphatic rings. The molecule has 0 aliphatic heterocycles. The lowest BCUT2D eigenvalue weighted by molar-refractivity contribution is 0.463. The minimum Gasteiger partial charge on any atom is -0.439 e. The van der Waals surface area contributed by atoms with Crippen LogP contribution < -0.4 is 10.5 Å². The maximum Gasteiger partial charge on any atom is 0.219 e. The van der Waals surface area contributed by atoms with Crippen LogP contribution in [0.2, 0.25) is 0 Å². The predicted molar refractivity (Wildman–Crippen MR) is 87.0 cm³/mol. The third kappa shape index (κ3) is 3.03. The van der Waals surface area contributed by atoms with Gasteiger partial charge in [-0.1, -0.05) is 28.1 Å². The van der Waals surface area contributed by atoms with E-state index < -0.39 is 0 Å². The molecule has 3 N–H and O–H groups in total. The molecule has 3 rings (SSSR count). The van der Waals surface area contributed by atoms with Gasteiger partial charge in [-0.3, -0.25) is 5.41 Å². The number of fused-ring (bicyclic) bond motifs is 1. The summed E-state index contributed by atoms with van der Waals surface area (Å²) in [4.78, 5) is 4.13. The smallest absolute Gasteiger partial charge is 0.219 e. The molecule has 0 atom stereocenters. The summed E-state index contributed by atoms with van der Waals surface area (Å²) in [6.45, 7) is 0. The predicted octanol–water partition coefficient (Wildman–Crippen LogP) is 4.07. The molecule has 3 aromatic rings. The van der Waals surface area contributed by atoms with E-state index in [1.807, 2.05) is 36.4 Å². The Bertz CT molecular complexity index is 833. The van der Waals surface area contributed by atoms with Gasteiger partial charge in [0, 0.05) is 22.3 Å². The lowest BCUT2D eigenvalue weighted by atomic mass is 10.1. The maximum atomic E-state index is 7.43. The number of amidine groups is 1. The molecule has 4 nitrogen and oxygen atoms in total. The SMILES string of the molecule is N=C(N)c1ccnc(Oc2ccc3cc(Br)ccc3c2)c1. The summed E-state index contributed by atoms with van der Waals surface area (Å²) in [5, 5.41) is 9.64. The Morgan fingerprint density at radius 1 is 1.05 bits per heavy atom. The first-order chi connectivity index (χ1) is 10.1. The normalized spacial score (nSPS) is 10.5. The van der Waals surface area contributed by atoms with Gasteiger partial charge in [-0.25, -0.2) is 4.98 Å². The molecule has 2 aromatic carbocycles. The van der Waals surface area contributed by atoms with E-state index in [1.54, 1.807) is 18.3 Å². The van der Waals surface area contributed by atoms with Crippen molar-refractivity contribution < 1.29 is 4.74 Å². The number of nitrogens with two attached hydrogens (primary N) is 1. The van der Waals surface area contributed by atoms with Crippen LogP contribution in [0.25, 0.3) is 10.8 Å². The van der Waals surface area contributed by atoms with Gasteiger partial charge in [0.2, 0.25) is 5.88 Å². The highest BCUT2D eigenvalue weighted by molar-refractivity contribution is 9.10. The molecule has 0 bridgehead atoms. The van der Waals surface area contributed by atoms with Crippen molar-refractivity contribution in [2.24, 2.45) is 5.73 Å². The van der Waals surface area contributed by atoms with Crippen LogP contribution >= 0.6 is 15.9 Å². The summed E-state index contributed by atoms with van der Waals surface area (Å²) in [5.74, 6) is 1.10. The number of benzene rings is 2. The molecule has 21 heavy (non-hydrogen) atoms. The molecule has 0 unspecified atom stereocenters. The molecular weight excluding hydrogens is 330 g/mol. The first-order valence-corrected chi connectivity index (χ1v) is 7.09. The molecule has 0 fully saturated rings. The number of rotatable bonds is 3. The van der Waals surface area contributed by atoms with E-state index in [2.05, 4.69) is 20.9 Å². The zero-order valence-electron chi connectivity index (χ0n) is 11.0. The van der Waals surface area contributed by atoms with Crippen LogP contribution in [0.5, 0.6) is 11.6 Å². The van der Waals surface area contributed by atoms with Crippen molar-refractivity contribution in [2.75, 3.05) is 0 Å². The number of aromatic nitrogens is 1. The molecule has 1 aromatic heterocycles. The third-order valence-electron chi connectivity index (χ3n) is 3.04. The number of hydrogen-bond donors (Lipinski definition) is 2. The molecule has 0 amide bonds. The van der Waals surface area contributed by atoms with E-state index in [0.717, 1.165) is 15.2 Å². The molecule has 104 valence electrons. The summed E-state index contributed by atoms with van der Waals surface area (Å²) in [5.41, 5.74) is 6.05. The van der Waals surface area contributed by atoms with Crippen molar-refractivity contribution in [3.63, 3.8) is 0 Å². The van der Waals surface area contributed by atoms with Gasteiger partial charge in [0.05, 0.1) is 0 Å². The highest BCUT2D eigenvalue weighted by Gasteiger charge is 2.04. The fraction of sp³-hybridized carbons (Fsp3) is 0. The van der Waals surface area contributed by atoms with Crippen molar-refractivity contribution in [3.8, 4) is 11.6 Å². The largest absolute Gasteiger partial charge is 0.439 e. The number of halogens is 1. The van der Waals surface area contributed by atoms with Gasteiger partial charge in [-0.05, 0) is 41.1 Å². The van der Waals surface area contributed by atoms with E-state index in [0.29, 0.717) is 17.2 Å². The van der Waals surface area contributed by atoms with Crippen molar-refractivity contribution >= 4 is 32.5 Å². The highest BCUT2D eigenvalue weighted by Crippen LogP contribution is 2.26. The Morgan fingerprint density at radius 2 is 1.81 bits per heavy atom. The Balaban J connectivity index is 1.92. The van der Waals surface area contributed by atoms with Gasteiger partial charge >= 0.3 is 0 Å². The van der Waals surface area contributed by atoms with Crippen LogP contribution in [0, 0.1) is 5.41 Å². The molecule has 0 saturated carbocycles. The van der Waals surface area contributed by atoms with Crippen LogP contribution in [0.15, 0.2) is 59.2 Å². The van der Waals surface area contributed by atoms with Crippen molar-refractivity contribution in [1.29, 1.82) is 5.41 Å². The lowest BCUT2D eigenvalue weighted by Crippen LogP contribution is -2.11. The topological polar surface area (TPSA) is 72.0 Å². The summed E-state index contributed by atoms with van der Waals surface area (Å²) in [6.07, 6.45) is 1.57. The van der Waals surface area contributed by atoms with Gasteiger partial charge in [0.15, 0.2) is 0 Å². The number of ether oxygens (including phenoxy) is 1. The summed E-state index contributed by atoms with van der Waals surface area (Å²) in [6, 6.07) is 15.2. The molecule has 0 saturated heterocycles. The van der Waals surface area contributed by atoms with Crippen LogP contribution in [-0.2, 0) is 0 Å². The van der Waals surface area contributed by atoms with E-state index in [1.165, 1.54) is 0 Å². The number of nitrogens with one attached hydrogen (secondary N) is 1. The monoisotopic (exact) mass is 341 g/mol. The lowest BCUT2D eigenvalue weighted by Gasteiger charge is -2.07. The van der Waals surface area contributed by atoms with Crippen LogP contribution in [0.3, 0.4) is 0 Å². The fourth-order valence-corrected chi connectivity index (χ4v) is 2.39. The second-order valence-electron chi connectivity index (χ2n) is 4.55. The highest BCUT2D eigenvalue weighted by atomic mass is 79.9. The van der Waals surface area contributed by atoms with Crippen molar-refractivity contribution in [3.05, 3.63) is 64.8 Å². The van der Waals surface area contributed by atoms with Gasteiger partial charge in [-0.2, -0.15) is 0 Å². The Kier molecular flexibility index (Phi) is 3.58. The molecule has 5 heteroatoms. The molecule has 0 spiro atoms. The van der Waals surface area contributed by atoms with Crippen molar-refractivity contribution in [1.82, 2.24) is 4.98 Å². The van der Waals surface area contributed by atoms with Gasteiger partial charge < -0.3 is 10.5 Å². The van der Waals surface area contributed by atoms with Crippen molar-refractivity contribution in [2.45, 2.75) is 0 Å². The summed E-state index contributed by atoms with van der Waals surface area (Å²) < 4.78 is 6.77. The number of nitrogen functional groups attached to an aromatic ring is 1. The number of pyridine rings is 1. The van der Waals surface area contributed by atoms with E-state index in [-0.39, 0.29) is 5.84 Å². The average molecular weight is 342 g/mol. The maximum absolute atomic E-state index is 7.43. The van der Waals surface area contributed by atoms with E-state index in [4.69, 9.17) is 15.9 Å². The van der Waals surface area contributed by atoms with Gasteiger partial charge in [0.1, 0.15) is 11.6 Å². The number of nitrogens with zero attached hydrogens (tertiary/aromatic N) is 1. The second-order valence-corrected chi connectivity index (χ2v) is 5.47. The Hall–Kier alpha value is -2.40. The van der Waals surface area contributed by atoms with E-state index in [9.17, 15) is 0 Å². The van der Waals surface area contributed by atoms with Gasteiger partial charge in [0.25, 0.3) is 0 Å². The molecule has 0 radical (unpaired) electrons. The summed E-state index contributed by atoms with van der Waals surface area (Å²) >= 11 is 3.45. The van der Waals surface area contributed by atoms with Gasteiger partial charge in [-0.15, -0.1) is 0 Å². The summed E-state index contributed by atoms with van der Waals surface area (Å²) in [7, 11) is 0. The Morgan fingerprint density at radius 3 is 2.62 bits per heavy atom. The van der Waals surface area contributed by atoms with Crippen LogP contribution in [-0.4, -0.2) is 10.8 Å². The average Bonchev–Trinajstić information content (AvgIpc) is 2.48. The fourth-order valence-electron chi connectivity index (χ4n) is 2.01. The quantitative estimate of drug-likeness (QED) is 0.557. The zero-order valence-corrected chi connectivity index (χ0v) is 12.6. The van der Waals surface area contributed by atoms with Crippen LogP contribution in [0.4, 0.5) is 0 Å². The minimum atomic E-state index is -0.00869. The van der Waals surface area contributed by atoms with E-state index >= 15 is 0 Å². The number of hydrogen-bond acceptors (Lipinski definition) is 3. The Labute approximate surface area is 130 Å². The first-order valence-electron chi connectivity index (χ1n) is 6.29. The molecule has 0 aliphatic carbocycles. The van der Waals surface area contributed by atoms with Crippen LogP contribution in [0.1, 0.15) is 5.56 Å². The molecule has 1 heterocycles. The standard InChI is InChI=1S/C16H12BrN3O/c17-13-3-1-11-8-14(4-2-10(11)7-13)21-15-9-12(16(18)19)5-6-20-15/h1-9H,(H3,18,19). The minimum absolute atomic E-state index is 0.00869. The first kappa shape index (κ1) is 13.6. The second kappa shape index (κ2) is 5.54. The third-order valence-corrected chi connectivity index (χ3v) is 3.54. The zero-order chi connectivity index (χ0) is 14.8. The molecular formula is C16H12BrN3O.